The van der Waals surface area contributed by atoms with Crippen molar-refractivity contribution >= 4 is 29.2 Å². The molecule has 0 bridgehead atoms. The molecule has 6 nitrogen and oxygen atoms in total. The van der Waals surface area contributed by atoms with Crippen LogP contribution in [-0.4, -0.2) is 36.7 Å². The van der Waals surface area contributed by atoms with E-state index in [0.717, 1.165) is 0 Å². The zero-order valence-corrected chi connectivity index (χ0v) is 12.2. The third-order valence-electron chi connectivity index (χ3n) is 3.78. The Hall–Kier alpha value is -1.63. The fraction of sp³-hybridized carbons (Fsp3) is 0.429. The van der Waals surface area contributed by atoms with Gasteiger partial charge in [0.1, 0.15) is 0 Å². The summed E-state index contributed by atoms with van der Waals surface area (Å²) >= 11 is 5.87. The van der Waals surface area contributed by atoms with E-state index in [-0.39, 0.29) is 23.7 Å². The Morgan fingerprint density at radius 2 is 2.05 bits per heavy atom. The predicted molar refractivity (Wildman–Crippen MR) is 78.6 cm³/mol. The van der Waals surface area contributed by atoms with Gasteiger partial charge in [0.15, 0.2) is 0 Å². The van der Waals surface area contributed by atoms with Crippen molar-refractivity contribution in [3.8, 4) is 0 Å². The van der Waals surface area contributed by atoms with Crippen molar-refractivity contribution in [3.63, 3.8) is 0 Å². The molecule has 1 saturated heterocycles. The number of anilines is 1. The molecule has 2 rings (SSSR count). The van der Waals surface area contributed by atoms with E-state index in [1.54, 1.807) is 0 Å². The maximum atomic E-state index is 12.5. The van der Waals surface area contributed by atoms with Crippen molar-refractivity contribution in [1.29, 1.82) is 0 Å². The topological polar surface area (TPSA) is 102 Å². The van der Waals surface area contributed by atoms with Crippen LogP contribution in [0, 0.1) is 5.41 Å². The number of carbonyl (C=O) groups is 2. The molecule has 1 aliphatic heterocycles. The van der Waals surface area contributed by atoms with E-state index in [9.17, 15) is 9.59 Å². The van der Waals surface area contributed by atoms with Crippen LogP contribution in [0.2, 0.25) is 5.02 Å². The van der Waals surface area contributed by atoms with E-state index in [1.807, 2.05) is 0 Å². The van der Waals surface area contributed by atoms with Gasteiger partial charge in [0.25, 0.3) is 0 Å². The van der Waals surface area contributed by atoms with Crippen LogP contribution in [0.25, 0.3) is 0 Å². The SMILES string of the molecule is NCC1(C(=O)Nc2cc(Cl)ccc2C(=O)O)CCOCC1. The van der Waals surface area contributed by atoms with Crippen molar-refractivity contribution < 1.29 is 19.4 Å². The number of nitrogens with two attached hydrogens (primary N) is 1. The van der Waals surface area contributed by atoms with Gasteiger partial charge in [-0.3, -0.25) is 4.79 Å². The normalized spacial score (nSPS) is 17.2. The largest absolute Gasteiger partial charge is 0.478 e. The highest BCUT2D eigenvalue weighted by Gasteiger charge is 2.39. The number of amides is 1. The Labute approximate surface area is 127 Å². The molecule has 0 unspecified atom stereocenters. The van der Waals surface area contributed by atoms with Crippen molar-refractivity contribution in [2.45, 2.75) is 12.8 Å². The average molecular weight is 313 g/mol. The van der Waals surface area contributed by atoms with Gasteiger partial charge in [-0.1, -0.05) is 11.6 Å². The lowest BCUT2D eigenvalue weighted by molar-refractivity contribution is -0.130. The molecule has 0 saturated carbocycles. The Morgan fingerprint density at radius 1 is 1.38 bits per heavy atom. The van der Waals surface area contributed by atoms with Gasteiger partial charge in [-0.2, -0.15) is 0 Å². The molecule has 1 aromatic carbocycles. The monoisotopic (exact) mass is 312 g/mol. The summed E-state index contributed by atoms with van der Waals surface area (Å²) in [7, 11) is 0. The Bertz CT molecular complexity index is 556. The minimum Gasteiger partial charge on any atom is -0.478 e. The number of nitrogens with one attached hydrogen (secondary N) is 1. The molecule has 1 aromatic rings. The molecule has 0 atom stereocenters. The second-order valence-corrected chi connectivity index (χ2v) is 5.48. The third-order valence-corrected chi connectivity index (χ3v) is 4.02. The number of aromatic carboxylic acids is 1. The van der Waals surface area contributed by atoms with Gasteiger partial charge in [-0.05, 0) is 31.0 Å². The van der Waals surface area contributed by atoms with E-state index in [1.165, 1.54) is 18.2 Å². The van der Waals surface area contributed by atoms with Crippen LogP contribution in [0.4, 0.5) is 5.69 Å². The summed E-state index contributed by atoms with van der Waals surface area (Å²) in [5, 5.41) is 12.2. The molecule has 0 aliphatic carbocycles. The molecular weight excluding hydrogens is 296 g/mol. The molecule has 0 radical (unpaired) electrons. The summed E-state index contributed by atoms with van der Waals surface area (Å²) in [4.78, 5) is 23.7. The molecule has 1 fully saturated rings. The van der Waals surface area contributed by atoms with E-state index < -0.39 is 11.4 Å². The van der Waals surface area contributed by atoms with Crippen LogP contribution < -0.4 is 11.1 Å². The minimum atomic E-state index is -1.13. The van der Waals surface area contributed by atoms with Crippen LogP contribution in [-0.2, 0) is 9.53 Å². The lowest BCUT2D eigenvalue weighted by Crippen LogP contribution is -2.46. The standard InChI is InChI=1S/C14H17ClN2O4/c15-9-1-2-10(12(18)19)11(7-9)17-13(20)14(8-16)3-5-21-6-4-14/h1-2,7H,3-6,8,16H2,(H,17,20)(H,18,19). The number of halogens is 1. The Balaban J connectivity index is 2.26. The maximum absolute atomic E-state index is 12.5. The zero-order chi connectivity index (χ0) is 15.5. The minimum absolute atomic E-state index is 0.00743. The lowest BCUT2D eigenvalue weighted by Gasteiger charge is -2.34. The van der Waals surface area contributed by atoms with Crippen molar-refractivity contribution in [3.05, 3.63) is 28.8 Å². The quantitative estimate of drug-likeness (QED) is 0.786. The molecule has 1 heterocycles. The van der Waals surface area contributed by atoms with Crippen molar-refractivity contribution in [1.82, 2.24) is 0 Å². The van der Waals surface area contributed by atoms with Crippen molar-refractivity contribution in [2.24, 2.45) is 11.1 Å². The third kappa shape index (κ3) is 3.34. The van der Waals surface area contributed by atoms with Crippen LogP contribution >= 0.6 is 11.6 Å². The van der Waals surface area contributed by atoms with Crippen LogP contribution in [0.3, 0.4) is 0 Å². The first-order valence-electron chi connectivity index (χ1n) is 6.61. The Kier molecular flexibility index (Phi) is 4.82. The second kappa shape index (κ2) is 6.43. The number of carboxylic acids is 1. The first-order chi connectivity index (χ1) is 9.98. The molecule has 0 spiro atoms. The number of rotatable bonds is 4. The first kappa shape index (κ1) is 15.8. The highest BCUT2D eigenvalue weighted by atomic mass is 35.5. The molecule has 1 amide bonds. The molecule has 0 aromatic heterocycles. The van der Waals surface area contributed by atoms with Crippen LogP contribution in [0.1, 0.15) is 23.2 Å². The van der Waals surface area contributed by atoms with E-state index >= 15 is 0 Å². The van der Waals surface area contributed by atoms with E-state index in [4.69, 9.17) is 27.2 Å². The number of carboxylic acid groups (broad SMARTS) is 1. The van der Waals surface area contributed by atoms with Gasteiger partial charge in [0, 0.05) is 24.8 Å². The molecule has 114 valence electrons. The molecule has 7 heteroatoms. The molecule has 21 heavy (non-hydrogen) atoms. The summed E-state index contributed by atoms with van der Waals surface area (Å²) in [5.74, 6) is -1.42. The number of benzene rings is 1. The fourth-order valence-corrected chi connectivity index (χ4v) is 2.52. The van der Waals surface area contributed by atoms with Gasteiger partial charge in [-0.25, -0.2) is 4.79 Å². The number of hydrogen-bond donors (Lipinski definition) is 3. The van der Waals surface area contributed by atoms with Gasteiger partial charge in [0.2, 0.25) is 5.91 Å². The van der Waals surface area contributed by atoms with Gasteiger partial charge < -0.3 is 20.9 Å². The maximum Gasteiger partial charge on any atom is 0.337 e. The van der Waals surface area contributed by atoms with Crippen LogP contribution in [0.5, 0.6) is 0 Å². The summed E-state index contributed by atoms with van der Waals surface area (Å²) in [6.07, 6.45) is 1.02. The molecular formula is C14H17ClN2O4. The summed E-state index contributed by atoms with van der Waals surface area (Å²) in [6.45, 7) is 1.11. The van der Waals surface area contributed by atoms with Crippen LogP contribution in [0.15, 0.2) is 18.2 Å². The Morgan fingerprint density at radius 3 is 2.62 bits per heavy atom. The average Bonchev–Trinajstić information content (AvgIpc) is 2.47. The van der Waals surface area contributed by atoms with Gasteiger partial charge in [0.05, 0.1) is 16.7 Å². The number of carbonyl (C=O) groups excluding carboxylic acids is 1. The highest BCUT2D eigenvalue weighted by molar-refractivity contribution is 6.31. The smallest absolute Gasteiger partial charge is 0.337 e. The molecule has 1 aliphatic rings. The summed E-state index contributed by atoms with van der Waals surface area (Å²) in [5.41, 5.74) is 5.21. The predicted octanol–water partition coefficient (Wildman–Crippen LogP) is 1.73. The lowest BCUT2D eigenvalue weighted by atomic mass is 9.79. The second-order valence-electron chi connectivity index (χ2n) is 5.05. The summed E-state index contributed by atoms with van der Waals surface area (Å²) in [6, 6.07) is 4.25. The number of ether oxygens (including phenoxy) is 1. The highest BCUT2D eigenvalue weighted by Crippen LogP contribution is 2.32. The van der Waals surface area contributed by atoms with E-state index in [0.29, 0.717) is 31.1 Å². The van der Waals surface area contributed by atoms with Crippen molar-refractivity contribution in [2.75, 3.05) is 25.1 Å². The van der Waals surface area contributed by atoms with Gasteiger partial charge in [-0.15, -0.1) is 0 Å². The number of hydrogen-bond acceptors (Lipinski definition) is 4. The fourth-order valence-electron chi connectivity index (χ4n) is 2.35. The first-order valence-corrected chi connectivity index (χ1v) is 6.98. The van der Waals surface area contributed by atoms with E-state index in [2.05, 4.69) is 5.32 Å². The van der Waals surface area contributed by atoms with Gasteiger partial charge >= 0.3 is 5.97 Å². The molecule has 4 N–H and O–H groups in total. The zero-order valence-electron chi connectivity index (χ0n) is 11.4. The summed E-state index contributed by atoms with van der Waals surface area (Å²) < 4.78 is 5.26.